The average Bonchev–Trinajstić information content (AvgIpc) is 3.38. The molecule has 4 N–H and O–H groups in total. The van der Waals surface area contributed by atoms with Crippen molar-refractivity contribution in [3.05, 3.63) is 76.5 Å². The Bertz CT molecular complexity index is 1360. The summed E-state index contributed by atoms with van der Waals surface area (Å²) in [5, 5.41) is 18.8. The van der Waals surface area contributed by atoms with Gasteiger partial charge in [-0.3, -0.25) is 9.99 Å². The second-order valence-corrected chi connectivity index (χ2v) is 9.81. The van der Waals surface area contributed by atoms with Crippen molar-refractivity contribution < 1.29 is 4.39 Å². The summed E-state index contributed by atoms with van der Waals surface area (Å²) < 4.78 is 13.7. The summed E-state index contributed by atoms with van der Waals surface area (Å²) in [6, 6.07) is 12.7. The molecular formula is C26H26ClFN8. The van der Waals surface area contributed by atoms with Gasteiger partial charge < -0.3 is 16.2 Å². The van der Waals surface area contributed by atoms with Crippen LogP contribution in [0.2, 0.25) is 5.02 Å². The molecule has 36 heavy (non-hydrogen) atoms. The van der Waals surface area contributed by atoms with Gasteiger partial charge in [0.2, 0.25) is 0 Å². The van der Waals surface area contributed by atoms with Crippen LogP contribution in [0.3, 0.4) is 0 Å². The molecule has 6 rings (SSSR count). The molecule has 8 nitrogen and oxygen atoms in total. The van der Waals surface area contributed by atoms with E-state index in [2.05, 4.69) is 49.0 Å². The van der Waals surface area contributed by atoms with Crippen molar-refractivity contribution in [2.24, 2.45) is 0 Å². The molecule has 0 spiro atoms. The van der Waals surface area contributed by atoms with Gasteiger partial charge in [0.15, 0.2) is 0 Å². The first kappa shape index (κ1) is 22.9. The van der Waals surface area contributed by atoms with E-state index in [1.54, 1.807) is 18.3 Å². The number of rotatable bonds is 7. The highest BCUT2D eigenvalue weighted by Crippen LogP contribution is 2.37. The summed E-state index contributed by atoms with van der Waals surface area (Å²) in [6.07, 6.45) is 8.13. The maximum Gasteiger partial charge on any atom is 0.123 e. The monoisotopic (exact) mass is 504 g/mol. The second kappa shape index (κ2) is 9.47. The highest BCUT2D eigenvalue weighted by atomic mass is 35.5. The fraction of sp³-hybridized carbons (Fsp3) is 0.308. The van der Waals surface area contributed by atoms with Crippen molar-refractivity contribution >= 4 is 33.9 Å². The summed E-state index contributed by atoms with van der Waals surface area (Å²) in [5.41, 5.74) is 14.3. The van der Waals surface area contributed by atoms with E-state index in [-0.39, 0.29) is 11.9 Å². The molecule has 1 aromatic heterocycles. The van der Waals surface area contributed by atoms with E-state index >= 15 is 0 Å². The minimum atomic E-state index is -0.294. The van der Waals surface area contributed by atoms with Crippen molar-refractivity contribution in [3.8, 4) is 6.07 Å². The van der Waals surface area contributed by atoms with Crippen LogP contribution in [0.1, 0.15) is 42.9 Å². The maximum absolute atomic E-state index is 13.7. The minimum Gasteiger partial charge on any atom is -0.373 e. The smallest absolute Gasteiger partial charge is 0.123 e. The molecule has 0 amide bonds. The van der Waals surface area contributed by atoms with E-state index < -0.39 is 0 Å². The van der Waals surface area contributed by atoms with Gasteiger partial charge >= 0.3 is 0 Å². The Balaban J connectivity index is 1.40. The zero-order valence-electron chi connectivity index (χ0n) is 19.6. The number of fused-ring (bicyclic) bond motifs is 1. The first-order chi connectivity index (χ1) is 17.6. The summed E-state index contributed by atoms with van der Waals surface area (Å²) in [7, 11) is 0. The molecule has 1 saturated carbocycles. The lowest BCUT2D eigenvalue weighted by Crippen LogP contribution is -2.38. The van der Waals surface area contributed by atoms with Crippen LogP contribution in [0, 0.1) is 17.1 Å². The first-order valence-electron chi connectivity index (χ1n) is 12.2. The van der Waals surface area contributed by atoms with Crippen LogP contribution < -0.4 is 21.7 Å². The number of benzene rings is 2. The van der Waals surface area contributed by atoms with Crippen molar-refractivity contribution in [1.29, 1.82) is 5.26 Å². The number of anilines is 2. The Hall–Kier alpha value is -3.58. The van der Waals surface area contributed by atoms with Crippen LogP contribution in [0.25, 0.3) is 10.9 Å². The highest BCUT2D eigenvalue weighted by Gasteiger charge is 2.32. The van der Waals surface area contributed by atoms with E-state index in [1.165, 1.54) is 12.1 Å². The van der Waals surface area contributed by atoms with E-state index in [1.807, 2.05) is 12.1 Å². The van der Waals surface area contributed by atoms with Gasteiger partial charge in [0, 0.05) is 42.6 Å². The van der Waals surface area contributed by atoms with Gasteiger partial charge in [-0.05, 0) is 55.5 Å². The highest BCUT2D eigenvalue weighted by molar-refractivity contribution is 6.35. The number of nitrogens with one attached hydrogen (secondary N) is 4. The van der Waals surface area contributed by atoms with Crippen molar-refractivity contribution in [1.82, 2.24) is 26.0 Å². The molecule has 0 bridgehead atoms. The van der Waals surface area contributed by atoms with Gasteiger partial charge in [0.1, 0.15) is 11.9 Å². The zero-order chi connectivity index (χ0) is 24.6. The molecule has 184 valence electrons. The lowest BCUT2D eigenvalue weighted by molar-refractivity contribution is 0.260. The minimum absolute atomic E-state index is 0.287. The number of hydrogen-bond donors (Lipinski definition) is 4. The normalized spacial score (nSPS) is 18.6. The van der Waals surface area contributed by atoms with Crippen molar-refractivity contribution in [3.63, 3.8) is 0 Å². The number of hydrazine groups is 3. The SMILES string of the molecule is N#Cc1cnc2c(Cl)cc(NC(C3=CN(C4CC4)NN3)c3ccc(F)cc3)cc2c1NN1CCCC1. The molecule has 0 radical (unpaired) electrons. The molecule has 1 atom stereocenters. The molecule has 2 aliphatic heterocycles. The molecule has 3 aliphatic rings. The summed E-state index contributed by atoms with van der Waals surface area (Å²) in [5.74, 6) is -0.287. The van der Waals surface area contributed by atoms with Gasteiger partial charge in [0.05, 0.1) is 33.5 Å². The molecule has 1 unspecified atom stereocenters. The van der Waals surface area contributed by atoms with Crippen LogP contribution in [-0.4, -0.2) is 34.1 Å². The van der Waals surface area contributed by atoms with Gasteiger partial charge in [-0.25, -0.2) is 9.40 Å². The Morgan fingerprint density at radius 1 is 1.17 bits per heavy atom. The molecule has 10 heteroatoms. The quantitative estimate of drug-likeness (QED) is 0.364. The molecule has 2 aromatic carbocycles. The average molecular weight is 505 g/mol. The third kappa shape index (κ3) is 4.51. The van der Waals surface area contributed by atoms with Gasteiger partial charge in [0.25, 0.3) is 0 Å². The summed E-state index contributed by atoms with van der Waals surface area (Å²) in [4.78, 5) is 4.47. The molecular weight excluding hydrogens is 479 g/mol. The van der Waals surface area contributed by atoms with Gasteiger partial charge in [-0.1, -0.05) is 23.7 Å². The number of hydrogen-bond acceptors (Lipinski definition) is 8. The van der Waals surface area contributed by atoms with Crippen molar-refractivity contribution in [2.75, 3.05) is 23.8 Å². The number of pyridine rings is 1. The largest absolute Gasteiger partial charge is 0.373 e. The lowest BCUT2D eigenvalue weighted by atomic mass is 10.0. The maximum atomic E-state index is 13.7. The fourth-order valence-corrected chi connectivity index (χ4v) is 5.01. The van der Waals surface area contributed by atoms with Crippen LogP contribution in [-0.2, 0) is 0 Å². The van der Waals surface area contributed by atoms with Crippen LogP contribution in [0.15, 0.2) is 54.5 Å². The van der Waals surface area contributed by atoms with Crippen molar-refractivity contribution in [2.45, 2.75) is 37.8 Å². The number of halogens is 2. The fourth-order valence-electron chi connectivity index (χ4n) is 4.74. The van der Waals surface area contributed by atoms with E-state index in [0.29, 0.717) is 27.8 Å². The molecule has 2 fully saturated rings. The van der Waals surface area contributed by atoms with Gasteiger partial charge in [-0.15, -0.1) is 5.53 Å². The Kier molecular flexibility index (Phi) is 6.01. The van der Waals surface area contributed by atoms with Crippen LogP contribution >= 0.6 is 11.6 Å². The predicted octanol–water partition coefficient (Wildman–Crippen LogP) is 4.80. The summed E-state index contributed by atoms with van der Waals surface area (Å²) >= 11 is 6.70. The predicted molar refractivity (Wildman–Crippen MR) is 138 cm³/mol. The third-order valence-electron chi connectivity index (χ3n) is 6.79. The number of aromatic nitrogens is 1. The van der Waals surface area contributed by atoms with E-state index in [4.69, 9.17) is 11.6 Å². The van der Waals surface area contributed by atoms with E-state index in [9.17, 15) is 9.65 Å². The standard InChI is InChI=1S/C26H26ClFN8/c27-22-12-19(11-21-24(33-35-9-1-2-10-35)17(13-29)14-30-26(21)22)31-25(16-3-5-18(28)6-4-16)23-15-36(34-32-23)20-7-8-20/h3-6,11-12,14-15,20,25,31-32,34H,1-2,7-10H2,(H,30,33). The van der Waals surface area contributed by atoms with E-state index in [0.717, 1.165) is 61.1 Å². The zero-order valence-corrected chi connectivity index (χ0v) is 20.3. The number of nitrogens with zero attached hydrogens (tertiary/aromatic N) is 4. The molecule has 3 heterocycles. The molecule has 1 aliphatic carbocycles. The van der Waals surface area contributed by atoms with Gasteiger partial charge in [-0.2, -0.15) is 5.26 Å². The van der Waals surface area contributed by atoms with Crippen LogP contribution in [0.5, 0.6) is 0 Å². The lowest BCUT2D eigenvalue weighted by Gasteiger charge is -2.23. The first-order valence-corrected chi connectivity index (χ1v) is 12.5. The Morgan fingerprint density at radius 3 is 2.67 bits per heavy atom. The second-order valence-electron chi connectivity index (χ2n) is 9.41. The molecule has 1 saturated heterocycles. The number of nitriles is 1. The topological polar surface area (TPSA) is 91.3 Å². The third-order valence-corrected chi connectivity index (χ3v) is 7.08. The Morgan fingerprint density at radius 2 is 1.94 bits per heavy atom. The Labute approximate surface area is 213 Å². The summed E-state index contributed by atoms with van der Waals surface area (Å²) in [6.45, 7) is 1.83. The van der Waals surface area contributed by atoms with Crippen LogP contribution in [0.4, 0.5) is 15.8 Å². The molecule has 3 aromatic rings.